The third kappa shape index (κ3) is 4.33. The van der Waals surface area contributed by atoms with Crippen LogP contribution in [0.1, 0.15) is 78.6 Å². The fraction of sp³-hybridized carbons (Fsp3) is 0.938. The molecule has 1 fully saturated rings. The van der Waals surface area contributed by atoms with Crippen LogP contribution < -0.4 is 0 Å². The Labute approximate surface area is 122 Å². The molecule has 0 radical (unpaired) electrons. The summed E-state index contributed by atoms with van der Waals surface area (Å²) in [6, 6.07) is 0. The van der Waals surface area contributed by atoms with E-state index in [0.29, 0.717) is 5.92 Å². The highest BCUT2D eigenvalue weighted by molar-refractivity contribution is 6.27. The summed E-state index contributed by atoms with van der Waals surface area (Å²) in [7, 11) is 0.925. The molecule has 3 heteroatoms. The number of esters is 1. The molecule has 0 N–H and O–H groups in total. The van der Waals surface area contributed by atoms with E-state index < -0.39 is 0 Å². The first-order valence-electron chi connectivity index (χ1n) is 8.29. The Kier molecular flexibility index (Phi) is 7.12. The van der Waals surface area contributed by atoms with Crippen molar-refractivity contribution in [2.75, 3.05) is 0 Å². The Morgan fingerprint density at radius 1 is 1.26 bits per heavy atom. The molecule has 2 unspecified atom stereocenters. The summed E-state index contributed by atoms with van der Waals surface area (Å²) in [5, 5.41) is -0.137. The summed E-state index contributed by atoms with van der Waals surface area (Å²) < 4.78 is 5.85. The van der Waals surface area contributed by atoms with Crippen molar-refractivity contribution in [3.05, 3.63) is 0 Å². The van der Waals surface area contributed by atoms with Crippen molar-refractivity contribution in [1.82, 2.24) is 0 Å². The van der Waals surface area contributed by atoms with Gasteiger partial charge in [0.25, 0.3) is 0 Å². The molecule has 0 spiro atoms. The molecule has 0 aromatic heterocycles. The molecule has 1 aliphatic rings. The summed E-state index contributed by atoms with van der Waals surface area (Å²) in [5.41, 5.74) is 0. The fourth-order valence-corrected chi connectivity index (χ4v) is 4.92. The van der Waals surface area contributed by atoms with Gasteiger partial charge < -0.3 is 4.74 Å². The molecule has 0 aromatic carbocycles. The molecule has 2 nitrogen and oxygen atoms in total. The first-order valence-corrected chi connectivity index (χ1v) is 9.29. The van der Waals surface area contributed by atoms with Crippen LogP contribution in [-0.2, 0) is 9.53 Å². The van der Waals surface area contributed by atoms with Gasteiger partial charge in [0.15, 0.2) is 0 Å². The summed E-state index contributed by atoms with van der Waals surface area (Å²) in [6.45, 7) is 6.64. The summed E-state index contributed by atoms with van der Waals surface area (Å²) in [4.78, 5) is 12.7. The van der Waals surface area contributed by atoms with Crippen molar-refractivity contribution < 1.29 is 9.53 Å². The standard InChI is InChI=1S/C16H32O2Si/c1-4-9-13(6-3)16(19,12-5-2)15(17)18-14-10-7-8-11-14/h13-14H,4-12H2,1-3,19H3. The van der Waals surface area contributed by atoms with E-state index in [1.807, 2.05) is 0 Å². The van der Waals surface area contributed by atoms with Gasteiger partial charge in [-0.15, -0.1) is 0 Å². The average molecular weight is 285 g/mol. The maximum absolute atomic E-state index is 12.7. The van der Waals surface area contributed by atoms with E-state index in [-0.39, 0.29) is 17.1 Å². The van der Waals surface area contributed by atoms with Crippen LogP contribution in [0.15, 0.2) is 0 Å². The van der Waals surface area contributed by atoms with Crippen LogP contribution in [-0.4, -0.2) is 22.3 Å². The molecular weight excluding hydrogens is 252 g/mol. The third-order valence-corrected chi connectivity index (χ3v) is 6.57. The Hall–Kier alpha value is -0.313. The molecule has 1 saturated carbocycles. The minimum atomic E-state index is -0.137. The van der Waals surface area contributed by atoms with E-state index in [1.165, 1.54) is 25.7 Å². The molecule has 1 aliphatic carbocycles. The van der Waals surface area contributed by atoms with E-state index in [2.05, 4.69) is 20.8 Å². The smallest absolute Gasteiger partial charge is 0.308 e. The zero-order chi connectivity index (χ0) is 14.3. The van der Waals surface area contributed by atoms with Crippen molar-refractivity contribution in [3.63, 3.8) is 0 Å². The van der Waals surface area contributed by atoms with Gasteiger partial charge in [0, 0.05) is 10.2 Å². The normalized spacial score (nSPS) is 21.2. The molecular formula is C16H32O2Si. The van der Waals surface area contributed by atoms with E-state index >= 15 is 0 Å². The van der Waals surface area contributed by atoms with Gasteiger partial charge in [0.1, 0.15) is 6.10 Å². The molecule has 2 atom stereocenters. The summed E-state index contributed by atoms with van der Waals surface area (Å²) >= 11 is 0. The minimum Gasteiger partial charge on any atom is -0.462 e. The molecule has 112 valence electrons. The number of hydrogen-bond acceptors (Lipinski definition) is 2. The zero-order valence-electron chi connectivity index (χ0n) is 13.3. The predicted octanol–water partition coefficient (Wildman–Crippen LogP) is 3.62. The number of ether oxygens (including phenoxy) is 1. The lowest BCUT2D eigenvalue weighted by atomic mass is 9.82. The van der Waals surface area contributed by atoms with Crippen molar-refractivity contribution in [3.8, 4) is 0 Å². The topological polar surface area (TPSA) is 26.3 Å². The Morgan fingerprint density at radius 3 is 2.37 bits per heavy atom. The number of carbonyl (C=O) groups is 1. The van der Waals surface area contributed by atoms with Gasteiger partial charge in [0.05, 0.1) is 5.04 Å². The monoisotopic (exact) mass is 284 g/mol. The van der Waals surface area contributed by atoms with Crippen molar-refractivity contribution in [2.24, 2.45) is 5.92 Å². The van der Waals surface area contributed by atoms with Gasteiger partial charge in [-0.3, -0.25) is 4.79 Å². The van der Waals surface area contributed by atoms with Gasteiger partial charge in [-0.25, -0.2) is 0 Å². The predicted molar refractivity (Wildman–Crippen MR) is 84.6 cm³/mol. The van der Waals surface area contributed by atoms with Gasteiger partial charge in [-0.05, 0) is 44.4 Å². The maximum Gasteiger partial charge on any atom is 0.308 e. The largest absolute Gasteiger partial charge is 0.462 e. The van der Waals surface area contributed by atoms with E-state index in [1.54, 1.807) is 0 Å². The number of rotatable bonds is 8. The van der Waals surface area contributed by atoms with Gasteiger partial charge in [0.2, 0.25) is 0 Å². The van der Waals surface area contributed by atoms with E-state index in [0.717, 1.165) is 42.3 Å². The van der Waals surface area contributed by atoms with Crippen molar-refractivity contribution >= 4 is 16.2 Å². The molecule has 0 bridgehead atoms. The number of hydrogen-bond donors (Lipinski definition) is 0. The van der Waals surface area contributed by atoms with Gasteiger partial charge in [-0.1, -0.05) is 40.0 Å². The molecule has 0 aromatic rings. The average Bonchev–Trinajstić information content (AvgIpc) is 2.88. The molecule has 0 saturated heterocycles. The van der Waals surface area contributed by atoms with Crippen LogP contribution >= 0.6 is 0 Å². The highest BCUT2D eigenvalue weighted by Crippen LogP contribution is 2.44. The molecule has 0 heterocycles. The van der Waals surface area contributed by atoms with Crippen molar-refractivity contribution in [2.45, 2.75) is 89.7 Å². The SMILES string of the molecule is CCCC(CC)C([SiH3])(CCC)C(=O)OC1CCCC1. The van der Waals surface area contributed by atoms with E-state index in [9.17, 15) is 4.79 Å². The summed E-state index contributed by atoms with van der Waals surface area (Å²) in [5.74, 6) is 0.659. The van der Waals surface area contributed by atoms with Gasteiger partial charge in [-0.2, -0.15) is 0 Å². The van der Waals surface area contributed by atoms with Crippen LogP contribution in [0.2, 0.25) is 5.04 Å². The van der Waals surface area contributed by atoms with Crippen LogP contribution in [0, 0.1) is 5.92 Å². The fourth-order valence-electron chi connectivity index (χ4n) is 3.61. The second-order valence-corrected chi connectivity index (χ2v) is 8.16. The first kappa shape index (κ1) is 16.7. The lowest BCUT2D eigenvalue weighted by Crippen LogP contribution is -2.35. The van der Waals surface area contributed by atoms with Crippen molar-refractivity contribution in [1.29, 1.82) is 0 Å². The second kappa shape index (κ2) is 8.08. The van der Waals surface area contributed by atoms with Crippen LogP contribution in [0.4, 0.5) is 0 Å². The molecule has 0 aliphatic heterocycles. The third-order valence-electron chi connectivity index (χ3n) is 4.84. The number of carbonyl (C=O) groups excluding carboxylic acids is 1. The highest BCUT2D eigenvalue weighted by Gasteiger charge is 2.41. The maximum atomic E-state index is 12.7. The Balaban J connectivity index is 2.73. The van der Waals surface area contributed by atoms with Crippen LogP contribution in [0.5, 0.6) is 0 Å². The quantitative estimate of drug-likeness (QED) is 0.502. The van der Waals surface area contributed by atoms with Crippen LogP contribution in [0.3, 0.4) is 0 Å². The van der Waals surface area contributed by atoms with Gasteiger partial charge >= 0.3 is 5.97 Å². The first-order chi connectivity index (χ1) is 9.08. The second-order valence-electron chi connectivity index (χ2n) is 6.37. The highest BCUT2D eigenvalue weighted by atomic mass is 28.1. The zero-order valence-corrected chi connectivity index (χ0v) is 15.3. The Morgan fingerprint density at radius 2 is 1.89 bits per heavy atom. The summed E-state index contributed by atoms with van der Waals surface area (Å²) in [6.07, 6.45) is 10.4. The lowest BCUT2D eigenvalue weighted by Gasteiger charge is -2.36. The van der Waals surface area contributed by atoms with Crippen LogP contribution in [0.25, 0.3) is 0 Å². The minimum absolute atomic E-state index is 0.133. The van der Waals surface area contributed by atoms with E-state index in [4.69, 9.17) is 4.74 Å². The molecule has 0 amide bonds. The molecule has 19 heavy (non-hydrogen) atoms. The lowest BCUT2D eigenvalue weighted by molar-refractivity contribution is -0.155. The Bertz CT molecular complexity index is 274. The molecule has 1 rings (SSSR count).